The number of nitrogens with zero attached hydrogens (tertiary/aromatic N) is 1. The first-order valence-electron chi connectivity index (χ1n) is 8.77. The number of benzene rings is 2. The summed E-state index contributed by atoms with van der Waals surface area (Å²) in [6, 6.07) is 18.8. The second kappa shape index (κ2) is 8.76. The van der Waals surface area contributed by atoms with E-state index in [0.717, 1.165) is 18.7 Å². The van der Waals surface area contributed by atoms with Crippen LogP contribution in [0.1, 0.15) is 33.2 Å². The molecule has 1 amide bonds. The number of carbonyl (C=O) groups excluding carboxylic acids is 2. The van der Waals surface area contributed by atoms with Crippen LogP contribution in [0.4, 0.5) is 11.4 Å². The first kappa shape index (κ1) is 18.3. The Morgan fingerprint density at radius 1 is 0.889 bits per heavy atom. The normalized spacial score (nSPS) is 10.3. The van der Waals surface area contributed by atoms with E-state index in [1.165, 1.54) is 18.7 Å². The maximum absolute atomic E-state index is 12.5. The molecule has 27 heavy (non-hydrogen) atoms. The summed E-state index contributed by atoms with van der Waals surface area (Å²) < 4.78 is 0. The van der Waals surface area contributed by atoms with Crippen molar-refractivity contribution in [2.45, 2.75) is 13.3 Å². The molecule has 0 unspecified atom stereocenters. The van der Waals surface area contributed by atoms with Crippen LogP contribution in [0.25, 0.3) is 0 Å². The topological polar surface area (TPSA) is 71.1 Å². The number of hydrogen-bond donors (Lipinski definition) is 2. The number of Topliss-reactive ketones (excluding diaryl/α,β-unsaturated/α-hetero) is 1. The van der Waals surface area contributed by atoms with Crippen LogP contribution in [-0.2, 0) is 6.42 Å². The fraction of sp³-hybridized carbons (Fsp3) is 0.136. The average Bonchev–Trinajstić information content (AvgIpc) is 2.69. The Labute approximate surface area is 158 Å². The lowest BCUT2D eigenvalue weighted by molar-refractivity contribution is 0.101. The zero-order chi connectivity index (χ0) is 19.1. The summed E-state index contributed by atoms with van der Waals surface area (Å²) in [5.41, 5.74) is 3.62. The molecule has 5 heteroatoms. The Hall–Kier alpha value is -3.47. The summed E-state index contributed by atoms with van der Waals surface area (Å²) in [6.07, 6.45) is 4.10. The summed E-state index contributed by atoms with van der Waals surface area (Å²) in [5.74, 6) is -0.313. The van der Waals surface area contributed by atoms with Crippen LogP contribution in [0.3, 0.4) is 0 Å². The van der Waals surface area contributed by atoms with Crippen LogP contribution in [-0.4, -0.2) is 23.2 Å². The van der Waals surface area contributed by atoms with E-state index in [1.807, 2.05) is 18.2 Å². The van der Waals surface area contributed by atoms with Gasteiger partial charge in [0.05, 0.1) is 11.3 Å². The van der Waals surface area contributed by atoms with E-state index in [4.69, 9.17) is 0 Å². The van der Waals surface area contributed by atoms with Crippen molar-refractivity contribution in [3.8, 4) is 0 Å². The molecule has 0 bridgehead atoms. The van der Waals surface area contributed by atoms with Gasteiger partial charge in [0, 0.05) is 30.2 Å². The van der Waals surface area contributed by atoms with Crippen molar-refractivity contribution in [2.75, 3.05) is 17.2 Å². The second-order valence-corrected chi connectivity index (χ2v) is 6.22. The van der Waals surface area contributed by atoms with Gasteiger partial charge in [-0.1, -0.05) is 42.5 Å². The summed E-state index contributed by atoms with van der Waals surface area (Å²) >= 11 is 0. The molecule has 3 rings (SSSR count). The molecule has 0 aliphatic heterocycles. The highest BCUT2D eigenvalue weighted by Crippen LogP contribution is 2.14. The van der Waals surface area contributed by atoms with E-state index in [2.05, 4.69) is 27.8 Å². The summed E-state index contributed by atoms with van der Waals surface area (Å²) in [4.78, 5) is 28.1. The lowest BCUT2D eigenvalue weighted by Crippen LogP contribution is -2.13. The highest BCUT2D eigenvalue weighted by Gasteiger charge is 2.09. The molecule has 0 radical (unpaired) electrons. The molecule has 0 saturated carbocycles. The molecule has 5 nitrogen and oxygen atoms in total. The first-order chi connectivity index (χ1) is 13.1. The minimum atomic E-state index is -0.269. The fourth-order valence-corrected chi connectivity index (χ4v) is 2.68. The van der Waals surface area contributed by atoms with Gasteiger partial charge < -0.3 is 10.6 Å². The molecule has 2 aromatic carbocycles. The molecular weight excluding hydrogens is 338 g/mol. The lowest BCUT2D eigenvalue weighted by Gasteiger charge is -2.09. The third kappa shape index (κ3) is 5.25. The van der Waals surface area contributed by atoms with Crippen molar-refractivity contribution in [2.24, 2.45) is 0 Å². The van der Waals surface area contributed by atoms with Crippen molar-refractivity contribution in [3.05, 3.63) is 89.7 Å². The maximum Gasteiger partial charge on any atom is 0.257 e. The molecule has 0 fully saturated rings. The van der Waals surface area contributed by atoms with E-state index >= 15 is 0 Å². The highest BCUT2D eigenvalue weighted by molar-refractivity contribution is 6.05. The number of nitrogens with one attached hydrogen (secondary N) is 2. The molecule has 0 aliphatic rings. The minimum Gasteiger partial charge on any atom is -0.383 e. The zero-order valence-corrected chi connectivity index (χ0v) is 15.1. The van der Waals surface area contributed by atoms with Gasteiger partial charge in [-0.3, -0.25) is 14.6 Å². The molecule has 3 aromatic rings. The Morgan fingerprint density at radius 2 is 1.67 bits per heavy atom. The SMILES string of the molecule is CC(=O)c1cccc(NC(=O)c2cncc(NCCc3ccccc3)c2)c1. The third-order valence-corrected chi connectivity index (χ3v) is 4.11. The lowest BCUT2D eigenvalue weighted by atomic mass is 10.1. The number of anilines is 2. The molecule has 0 spiro atoms. The van der Waals surface area contributed by atoms with Gasteiger partial charge in [-0.2, -0.15) is 0 Å². The molecule has 0 saturated heterocycles. The maximum atomic E-state index is 12.5. The van der Waals surface area contributed by atoms with Crippen molar-refractivity contribution in [1.82, 2.24) is 4.98 Å². The summed E-state index contributed by atoms with van der Waals surface area (Å²) in [6.45, 7) is 2.24. The number of rotatable bonds is 7. The molecule has 2 N–H and O–H groups in total. The molecule has 1 heterocycles. The fourth-order valence-electron chi connectivity index (χ4n) is 2.68. The van der Waals surface area contributed by atoms with Crippen LogP contribution in [0, 0.1) is 0 Å². The van der Waals surface area contributed by atoms with Crippen LogP contribution in [0.2, 0.25) is 0 Å². The van der Waals surface area contributed by atoms with Crippen molar-refractivity contribution in [3.63, 3.8) is 0 Å². The smallest absolute Gasteiger partial charge is 0.257 e. The Bertz CT molecular complexity index is 939. The van der Waals surface area contributed by atoms with Gasteiger partial charge in [-0.25, -0.2) is 0 Å². The second-order valence-electron chi connectivity index (χ2n) is 6.22. The molecule has 0 aliphatic carbocycles. The zero-order valence-electron chi connectivity index (χ0n) is 15.1. The monoisotopic (exact) mass is 359 g/mol. The predicted molar refractivity (Wildman–Crippen MR) is 107 cm³/mol. The van der Waals surface area contributed by atoms with Gasteiger partial charge in [-0.15, -0.1) is 0 Å². The predicted octanol–water partition coefficient (Wildman–Crippen LogP) is 4.19. The summed E-state index contributed by atoms with van der Waals surface area (Å²) in [7, 11) is 0. The number of aromatic nitrogens is 1. The first-order valence-corrected chi connectivity index (χ1v) is 8.77. The Kier molecular flexibility index (Phi) is 5.94. The number of ketones is 1. The highest BCUT2D eigenvalue weighted by atomic mass is 16.1. The van der Waals surface area contributed by atoms with E-state index in [0.29, 0.717) is 16.8 Å². The van der Waals surface area contributed by atoms with Gasteiger partial charge in [0.15, 0.2) is 5.78 Å². The van der Waals surface area contributed by atoms with E-state index in [1.54, 1.807) is 36.5 Å². The van der Waals surface area contributed by atoms with E-state index < -0.39 is 0 Å². The van der Waals surface area contributed by atoms with Crippen LogP contribution < -0.4 is 10.6 Å². The van der Waals surface area contributed by atoms with E-state index in [-0.39, 0.29) is 11.7 Å². The molecule has 1 aromatic heterocycles. The molecule has 0 atom stereocenters. The van der Waals surface area contributed by atoms with Gasteiger partial charge in [0.1, 0.15) is 0 Å². The van der Waals surface area contributed by atoms with E-state index in [9.17, 15) is 9.59 Å². The number of amides is 1. The van der Waals surface area contributed by atoms with Gasteiger partial charge in [0.25, 0.3) is 5.91 Å². The Balaban J connectivity index is 1.61. The van der Waals surface area contributed by atoms with Crippen molar-refractivity contribution in [1.29, 1.82) is 0 Å². The largest absolute Gasteiger partial charge is 0.383 e. The van der Waals surface area contributed by atoms with Gasteiger partial charge >= 0.3 is 0 Å². The van der Waals surface area contributed by atoms with Crippen LogP contribution in [0.15, 0.2) is 73.1 Å². The summed E-state index contributed by atoms with van der Waals surface area (Å²) in [5, 5.41) is 6.09. The number of hydrogen-bond acceptors (Lipinski definition) is 4. The third-order valence-electron chi connectivity index (χ3n) is 4.11. The van der Waals surface area contributed by atoms with Crippen molar-refractivity contribution >= 4 is 23.1 Å². The number of pyridine rings is 1. The minimum absolute atomic E-state index is 0.0441. The van der Waals surface area contributed by atoms with Crippen LogP contribution in [0.5, 0.6) is 0 Å². The Morgan fingerprint density at radius 3 is 2.44 bits per heavy atom. The quantitative estimate of drug-likeness (QED) is 0.621. The molecular formula is C22H21N3O2. The van der Waals surface area contributed by atoms with Crippen LogP contribution >= 0.6 is 0 Å². The van der Waals surface area contributed by atoms with Gasteiger partial charge in [-0.05, 0) is 37.1 Å². The van der Waals surface area contributed by atoms with Crippen molar-refractivity contribution < 1.29 is 9.59 Å². The average molecular weight is 359 g/mol. The number of carbonyl (C=O) groups is 2. The van der Waals surface area contributed by atoms with Gasteiger partial charge in [0.2, 0.25) is 0 Å². The standard InChI is InChI=1S/C22H21N3O2/c1-16(26)18-8-5-9-20(12-18)25-22(27)19-13-21(15-23-14-19)24-11-10-17-6-3-2-4-7-17/h2-9,12-15,24H,10-11H2,1H3,(H,25,27). The molecule has 136 valence electrons.